The summed E-state index contributed by atoms with van der Waals surface area (Å²) in [4.78, 5) is 41.2. The van der Waals surface area contributed by atoms with E-state index in [0.717, 1.165) is 138 Å². The number of para-hydroxylation sites is 8. The highest BCUT2D eigenvalue weighted by atomic mass is 32.1. The first-order valence-electron chi connectivity index (χ1n) is 35.0. The third kappa shape index (κ3) is 10.2. The monoisotopic (exact) mass is 1390 g/mol. The van der Waals surface area contributed by atoms with Crippen molar-refractivity contribution in [1.82, 2.24) is 49.0 Å². The Balaban J connectivity index is 0.000000136. The minimum atomic E-state index is 0.584. The second-order valence-corrected chi connectivity index (χ2v) is 28.2. The predicted molar refractivity (Wildman–Crippen MR) is 433 cm³/mol. The first-order chi connectivity index (χ1) is 52.5. The molecule has 0 saturated carbocycles. The lowest BCUT2D eigenvalue weighted by molar-refractivity contribution is 0.669. The number of hydrogen-bond donors (Lipinski definition) is 0. The Kier molecular flexibility index (Phi) is 14.3. The van der Waals surface area contributed by atoms with Crippen LogP contribution >= 0.6 is 22.7 Å². The van der Waals surface area contributed by atoms with Crippen LogP contribution in [0.3, 0.4) is 0 Å². The Hall–Kier alpha value is -13.9. The average molecular weight is 1400 g/mol. The molecule has 0 unspecified atom stereocenters. The molecule has 8 heterocycles. The van der Waals surface area contributed by atoms with Gasteiger partial charge >= 0.3 is 0 Å². The van der Waals surface area contributed by atoms with E-state index < -0.39 is 0 Å². The van der Waals surface area contributed by atoms with Gasteiger partial charge in [-0.3, -0.25) is 9.13 Å². The molecule has 0 aliphatic heterocycles. The lowest BCUT2D eigenvalue weighted by Gasteiger charge is -2.10. The van der Waals surface area contributed by atoms with E-state index in [1.165, 1.54) is 35.6 Å². The van der Waals surface area contributed by atoms with Crippen molar-refractivity contribution in [2.24, 2.45) is 0 Å². The molecule has 0 atom stereocenters. The topological polar surface area (TPSA) is 139 Å². The SMILES string of the molecule is c1ccc(-c2nc(-c3ccc4c(c3)sc3ccccc34)nc(-c3cccc4oc5c(-c6nc7ccccc7n6-c6ccccc6)cccc5c34)n2)cc1.c1ccc(-c2nc(-c3cccc4c3sc3ccccc34)nc(-c3cccc4oc5c(-c6nc7ccccc7n6-c6ccccc6)cccc5c34)n2)cc1. The summed E-state index contributed by atoms with van der Waals surface area (Å²) in [6.07, 6.45) is 0. The summed E-state index contributed by atoms with van der Waals surface area (Å²) in [5.74, 6) is 5.28. The molecule has 0 aliphatic rings. The van der Waals surface area contributed by atoms with Crippen molar-refractivity contribution in [3.8, 4) is 102 Å². The number of hydrogen-bond acceptors (Lipinski definition) is 12. The molecule has 0 radical (unpaired) electrons. The van der Waals surface area contributed by atoms with Crippen molar-refractivity contribution < 1.29 is 8.83 Å². The van der Waals surface area contributed by atoms with Gasteiger partial charge in [0, 0.05) is 107 Å². The Bertz CT molecular complexity index is 7230. The van der Waals surface area contributed by atoms with E-state index in [0.29, 0.717) is 34.9 Å². The normalized spacial score (nSPS) is 11.8. The van der Waals surface area contributed by atoms with E-state index in [4.69, 9.17) is 48.7 Å². The molecule has 106 heavy (non-hydrogen) atoms. The molecule has 0 N–H and O–H groups in total. The number of thiophene rings is 2. The largest absolute Gasteiger partial charge is 0.455 e. The van der Waals surface area contributed by atoms with Gasteiger partial charge in [-0.05, 0) is 97.1 Å². The quantitative estimate of drug-likeness (QED) is 0.130. The van der Waals surface area contributed by atoms with E-state index in [2.05, 4.69) is 228 Å². The van der Waals surface area contributed by atoms with Gasteiger partial charge in [0.2, 0.25) is 0 Å². The summed E-state index contributed by atoms with van der Waals surface area (Å²) in [6, 6.07) is 112. The van der Waals surface area contributed by atoms with Crippen LogP contribution in [0.2, 0.25) is 0 Å². The van der Waals surface area contributed by atoms with Gasteiger partial charge in [0.05, 0.1) is 33.2 Å². The third-order valence-electron chi connectivity index (χ3n) is 19.8. The number of aromatic nitrogens is 10. The van der Waals surface area contributed by atoms with Gasteiger partial charge in [-0.25, -0.2) is 39.9 Å². The van der Waals surface area contributed by atoms with Crippen LogP contribution in [0.15, 0.2) is 336 Å². The van der Waals surface area contributed by atoms with Gasteiger partial charge in [-0.1, -0.05) is 231 Å². The first kappa shape index (κ1) is 60.8. The highest BCUT2D eigenvalue weighted by Gasteiger charge is 2.26. The van der Waals surface area contributed by atoms with Crippen LogP contribution in [0.1, 0.15) is 0 Å². The summed E-state index contributed by atoms with van der Waals surface area (Å²) < 4.78 is 22.8. The van der Waals surface area contributed by atoms with Gasteiger partial charge in [0.15, 0.2) is 34.9 Å². The molecule has 0 saturated heterocycles. The Morgan fingerprint density at radius 1 is 0.245 bits per heavy atom. The molecule has 496 valence electrons. The number of furan rings is 2. The molecule has 8 aromatic heterocycles. The van der Waals surface area contributed by atoms with Crippen molar-refractivity contribution in [3.63, 3.8) is 0 Å². The fraction of sp³-hybridized carbons (Fsp3) is 0. The standard InChI is InChI=1S/2C46H27N5OS/c1-3-14-28(15-4-1)43-48-44(50-45(49-43)35-23-11-19-31-30-18-7-10-27-39(30)53-42(31)35)33-21-13-26-38-40(33)32-20-12-22-34(41(32)52-38)46-47-36-24-8-9-25-37(36)51(46)29-16-5-2-6-17-29;1-3-13-28(14-4-1)43-48-44(29-25-26-32-31-17-7-10-24-39(31)53-40(32)27-29)50-45(49-43)34-19-12-23-38-41(34)33-18-11-20-35(42(33)52-38)46-47-36-21-8-9-22-37(36)51(46)30-15-5-2-6-16-30/h2*1-27H. The molecule has 0 spiro atoms. The molecule has 22 aromatic rings. The summed E-state index contributed by atoms with van der Waals surface area (Å²) in [7, 11) is 0. The first-order valence-corrected chi connectivity index (χ1v) is 36.6. The molecule has 12 nitrogen and oxygen atoms in total. The molecule has 22 rings (SSSR count). The fourth-order valence-electron chi connectivity index (χ4n) is 15.0. The average Bonchev–Trinajstić information content (AvgIpc) is 1.57. The van der Waals surface area contributed by atoms with Gasteiger partial charge in [-0.2, -0.15) is 0 Å². The van der Waals surface area contributed by atoms with E-state index >= 15 is 0 Å². The van der Waals surface area contributed by atoms with E-state index in [9.17, 15) is 0 Å². The number of rotatable bonds is 10. The predicted octanol–water partition coefficient (Wildman–Crippen LogP) is 24.3. The van der Waals surface area contributed by atoms with E-state index in [-0.39, 0.29) is 0 Å². The second-order valence-electron chi connectivity index (χ2n) is 26.1. The van der Waals surface area contributed by atoms with Crippen molar-refractivity contribution >= 4 is 129 Å². The maximum absolute atomic E-state index is 6.79. The van der Waals surface area contributed by atoms with Crippen LogP contribution in [0.5, 0.6) is 0 Å². The van der Waals surface area contributed by atoms with Gasteiger partial charge in [-0.15, -0.1) is 22.7 Å². The lowest BCUT2D eigenvalue weighted by atomic mass is 10.0. The number of fused-ring (bicyclic) bond motifs is 14. The van der Waals surface area contributed by atoms with Gasteiger partial charge in [0.1, 0.15) is 34.0 Å². The Morgan fingerprint density at radius 2 is 0.623 bits per heavy atom. The molecule has 0 amide bonds. The molecule has 0 fully saturated rings. The van der Waals surface area contributed by atoms with E-state index in [1.54, 1.807) is 22.7 Å². The minimum absolute atomic E-state index is 0.584. The highest BCUT2D eigenvalue weighted by Crippen LogP contribution is 2.46. The maximum atomic E-state index is 6.79. The van der Waals surface area contributed by atoms with Gasteiger partial charge in [0.25, 0.3) is 0 Å². The van der Waals surface area contributed by atoms with E-state index in [1.807, 2.05) is 109 Å². The van der Waals surface area contributed by atoms with Gasteiger partial charge < -0.3 is 8.83 Å². The number of nitrogens with zero attached hydrogens (tertiary/aromatic N) is 10. The van der Waals surface area contributed by atoms with Crippen molar-refractivity contribution in [2.45, 2.75) is 0 Å². The van der Waals surface area contributed by atoms with Crippen molar-refractivity contribution in [3.05, 3.63) is 328 Å². The van der Waals surface area contributed by atoms with Crippen LogP contribution in [-0.2, 0) is 0 Å². The lowest BCUT2D eigenvalue weighted by Crippen LogP contribution is -2.00. The zero-order valence-electron chi connectivity index (χ0n) is 56.3. The van der Waals surface area contributed by atoms with Crippen molar-refractivity contribution in [2.75, 3.05) is 0 Å². The molecule has 14 aromatic carbocycles. The minimum Gasteiger partial charge on any atom is -0.455 e. The van der Waals surface area contributed by atoms with Crippen LogP contribution in [0.4, 0.5) is 0 Å². The second kappa shape index (κ2) is 25.0. The fourth-order valence-corrected chi connectivity index (χ4v) is 17.3. The van der Waals surface area contributed by atoms with Crippen LogP contribution < -0.4 is 0 Å². The van der Waals surface area contributed by atoms with Crippen molar-refractivity contribution in [1.29, 1.82) is 0 Å². The number of imidazole rings is 2. The Labute approximate surface area is 612 Å². The van der Waals surface area contributed by atoms with Crippen LogP contribution in [0, 0.1) is 0 Å². The third-order valence-corrected chi connectivity index (χ3v) is 22.1. The molecule has 14 heteroatoms. The van der Waals surface area contributed by atoms with Crippen LogP contribution in [-0.4, -0.2) is 49.0 Å². The zero-order valence-corrected chi connectivity index (χ0v) is 57.9. The Morgan fingerprint density at radius 3 is 1.16 bits per heavy atom. The zero-order chi connectivity index (χ0) is 69.8. The highest BCUT2D eigenvalue weighted by molar-refractivity contribution is 7.26. The molecule has 0 aliphatic carbocycles. The molecular weight excluding hydrogens is 1340 g/mol. The molecule has 0 bridgehead atoms. The summed E-state index contributed by atoms with van der Waals surface area (Å²) >= 11 is 3.56. The summed E-state index contributed by atoms with van der Waals surface area (Å²) in [5, 5.41) is 8.76. The summed E-state index contributed by atoms with van der Waals surface area (Å²) in [5.41, 5.74) is 16.3. The maximum Gasteiger partial charge on any atom is 0.165 e. The van der Waals surface area contributed by atoms with Crippen LogP contribution in [0.25, 0.3) is 209 Å². The molecular formula is C92H54N10O2S2. The summed E-state index contributed by atoms with van der Waals surface area (Å²) in [6.45, 7) is 0. The smallest absolute Gasteiger partial charge is 0.165 e. The number of benzene rings is 14.